The molecule has 12 nitrogen and oxygen atoms in total. The van der Waals surface area contributed by atoms with Crippen molar-refractivity contribution in [1.29, 1.82) is 0 Å². The molecule has 46 heavy (non-hydrogen) atoms. The van der Waals surface area contributed by atoms with Gasteiger partial charge in [-0.3, -0.25) is 24.0 Å². The maximum absolute atomic E-state index is 13.4. The summed E-state index contributed by atoms with van der Waals surface area (Å²) in [5.41, 5.74) is -0.0422. The van der Waals surface area contributed by atoms with Crippen LogP contribution in [-0.2, 0) is 13.1 Å². The Balaban J connectivity index is 1.43. The summed E-state index contributed by atoms with van der Waals surface area (Å²) in [4.78, 5) is 49.6. The number of carbonyl (C=O) groups excluding carboxylic acids is 2. The largest absolute Gasteiger partial charge is 0.416 e. The van der Waals surface area contributed by atoms with Crippen LogP contribution in [0.2, 0.25) is 10.0 Å². The summed E-state index contributed by atoms with van der Waals surface area (Å²) in [5, 5.41) is 19.1. The average Bonchev–Trinajstić information content (AvgIpc) is 3.65. The maximum Gasteiger partial charge on any atom is 0.416 e. The van der Waals surface area contributed by atoms with Crippen molar-refractivity contribution in [2.45, 2.75) is 38.3 Å². The van der Waals surface area contributed by atoms with Gasteiger partial charge in [0, 0.05) is 16.8 Å². The summed E-state index contributed by atoms with van der Waals surface area (Å²) in [6, 6.07) is 12.7. The third-order valence-corrected chi connectivity index (χ3v) is 7.86. The number of amides is 2. The molecule has 0 saturated carbocycles. The fraction of sp³-hybridized carbons (Fsp3) is 0.207. The molecular weight excluding hydrogens is 652 g/mol. The lowest BCUT2D eigenvalue weighted by molar-refractivity contribution is -0.207. The van der Waals surface area contributed by atoms with E-state index in [2.05, 4.69) is 20.2 Å². The van der Waals surface area contributed by atoms with Crippen LogP contribution in [0, 0.1) is 0 Å². The molecule has 0 spiro atoms. The average molecular weight is 673 g/mol. The zero-order chi connectivity index (χ0) is 32.9. The molecule has 0 aliphatic carbocycles. The summed E-state index contributed by atoms with van der Waals surface area (Å²) < 4.78 is 42.7. The Labute approximate surface area is 267 Å². The third-order valence-electron chi connectivity index (χ3n) is 7.29. The van der Waals surface area contributed by atoms with E-state index in [4.69, 9.17) is 23.2 Å². The van der Waals surface area contributed by atoms with Gasteiger partial charge in [-0.2, -0.15) is 13.2 Å². The van der Waals surface area contributed by atoms with E-state index in [0.29, 0.717) is 9.59 Å². The van der Waals surface area contributed by atoms with Gasteiger partial charge in [0.25, 0.3) is 11.8 Å². The van der Waals surface area contributed by atoms with Crippen molar-refractivity contribution in [1.82, 2.24) is 39.0 Å². The SMILES string of the molecule is CC(c1nc(Cn2nc(-c3ccc(Cl)cc3)n(CC(O)C(F)(F)F)c2=O)nn1-c1cnccc1Cl)N1C(=O)c2ccccc2C1=O. The van der Waals surface area contributed by atoms with Crippen molar-refractivity contribution in [2.75, 3.05) is 0 Å². The van der Waals surface area contributed by atoms with Crippen LogP contribution in [0.25, 0.3) is 17.1 Å². The van der Waals surface area contributed by atoms with E-state index >= 15 is 0 Å². The van der Waals surface area contributed by atoms with Crippen LogP contribution < -0.4 is 5.69 Å². The number of nitrogens with zero attached hydrogens (tertiary/aromatic N) is 8. The Kier molecular flexibility index (Phi) is 8.00. The number of halogens is 5. The molecule has 0 radical (unpaired) electrons. The summed E-state index contributed by atoms with van der Waals surface area (Å²) in [7, 11) is 0. The smallest absolute Gasteiger partial charge is 0.382 e. The summed E-state index contributed by atoms with van der Waals surface area (Å²) >= 11 is 12.4. The van der Waals surface area contributed by atoms with E-state index in [-0.39, 0.29) is 44.9 Å². The molecule has 0 fully saturated rings. The molecular formula is C29H21Cl2F3N8O4. The lowest BCUT2D eigenvalue weighted by Gasteiger charge is -2.22. The number of pyridine rings is 1. The highest BCUT2D eigenvalue weighted by molar-refractivity contribution is 6.32. The Hall–Kier alpha value is -4.86. The van der Waals surface area contributed by atoms with Crippen molar-refractivity contribution in [3.05, 3.63) is 110 Å². The van der Waals surface area contributed by atoms with Gasteiger partial charge in [-0.15, -0.1) is 10.2 Å². The first-order valence-electron chi connectivity index (χ1n) is 13.6. The van der Waals surface area contributed by atoms with Crippen LogP contribution in [0.4, 0.5) is 13.2 Å². The molecule has 6 rings (SSSR count). The van der Waals surface area contributed by atoms with Crippen LogP contribution in [0.3, 0.4) is 0 Å². The zero-order valence-corrected chi connectivity index (χ0v) is 25.1. The quantitative estimate of drug-likeness (QED) is 0.240. The monoisotopic (exact) mass is 672 g/mol. The molecule has 236 valence electrons. The van der Waals surface area contributed by atoms with Crippen LogP contribution in [-0.4, -0.2) is 68.2 Å². The predicted octanol–water partition coefficient (Wildman–Crippen LogP) is 4.32. The Bertz CT molecular complexity index is 2010. The van der Waals surface area contributed by atoms with Gasteiger partial charge in [0.05, 0.1) is 34.9 Å². The summed E-state index contributed by atoms with van der Waals surface area (Å²) in [6.45, 7) is -0.00889. The van der Waals surface area contributed by atoms with E-state index < -0.39 is 48.9 Å². The minimum absolute atomic E-state index is 0.0517. The molecule has 3 aromatic heterocycles. The molecule has 1 N–H and O–H groups in total. The highest BCUT2D eigenvalue weighted by Crippen LogP contribution is 2.32. The van der Waals surface area contributed by atoms with Gasteiger partial charge in [-0.1, -0.05) is 35.3 Å². The van der Waals surface area contributed by atoms with Crippen molar-refractivity contribution in [2.24, 2.45) is 0 Å². The number of carbonyl (C=O) groups is 2. The van der Waals surface area contributed by atoms with Crippen LogP contribution in [0.15, 0.2) is 71.8 Å². The van der Waals surface area contributed by atoms with Crippen LogP contribution in [0.5, 0.6) is 0 Å². The van der Waals surface area contributed by atoms with Gasteiger partial charge in [-0.25, -0.2) is 19.1 Å². The predicted molar refractivity (Wildman–Crippen MR) is 158 cm³/mol. The number of fused-ring (bicyclic) bond motifs is 1. The number of benzene rings is 2. The summed E-state index contributed by atoms with van der Waals surface area (Å²) in [6.07, 6.45) is -5.03. The minimum atomic E-state index is -5.00. The molecule has 1 aliphatic rings. The van der Waals surface area contributed by atoms with E-state index in [1.54, 1.807) is 19.1 Å². The Morgan fingerprint density at radius 2 is 1.59 bits per heavy atom. The molecule has 2 amide bonds. The number of hydrogen-bond acceptors (Lipinski definition) is 8. The maximum atomic E-state index is 13.4. The van der Waals surface area contributed by atoms with Gasteiger partial charge in [0.15, 0.2) is 23.6 Å². The highest BCUT2D eigenvalue weighted by atomic mass is 35.5. The van der Waals surface area contributed by atoms with Gasteiger partial charge >= 0.3 is 11.9 Å². The standard InChI is InChI=1S/C29H21Cl2F3N8O4/c1-15(41-26(44)18-4-2-3-5-19(18)27(41)45)24-36-23(37-42(24)21-12-35-11-10-20(21)31)14-40-28(46)39(13-22(43)29(32,33)34)25(38-40)16-6-8-17(30)9-7-16/h2-12,15,22,43H,13-14H2,1H3. The Morgan fingerprint density at radius 3 is 2.20 bits per heavy atom. The first-order chi connectivity index (χ1) is 21.8. The lowest BCUT2D eigenvalue weighted by atomic mass is 10.1. The summed E-state index contributed by atoms with van der Waals surface area (Å²) in [5.74, 6) is -1.24. The number of rotatable bonds is 8. The number of alkyl halides is 3. The third kappa shape index (κ3) is 5.57. The molecule has 0 saturated heterocycles. The molecule has 2 aromatic carbocycles. The van der Waals surface area contributed by atoms with Crippen molar-refractivity contribution < 1.29 is 27.9 Å². The van der Waals surface area contributed by atoms with Gasteiger partial charge in [-0.05, 0) is 49.4 Å². The number of aliphatic hydroxyl groups is 1. The van der Waals surface area contributed by atoms with Crippen LogP contribution >= 0.6 is 23.2 Å². The number of hydrogen-bond donors (Lipinski definition) is 1. The second-order valence-corrected chi connectivity index (χ2v) is 11.1. The lowest BCUT2D eigenvalue weighted by Crippen LogP contribution is -2.37. The molecule has 0 bridgehead atoms. The van der Waals surface area contributed by atoms with E-state index in [1.165, 1.54) is 59.5 Å². The normalized spacial score (nSPS) is 14.5. The number of aliphatic hydroxyl groups excluding tert-OH is 1. The fourth-order valence-corrected chi connectivity index (χ4v) is 5.33. The topological polar surface area (TPSA) is 141 Å². The molecule has 2 unspecified atom stereocenters. The molecule has 5 aromatic rings. The van der Waals surface area contributed by atoms with Gasteiger partial charge < -0.3 is 5.11 Å². The fourth-order valence-electron chi connectivity index (χ4n) is 5.01. The second kappa shape index (κ2) is 11.8. The van der Waals surface area contributed by atoms with Crippen molar-refractivity contribution in [3.63, 3.8) is 0 Å². The first-order valence-corrected chi connectivity index (χ1v) is 14.3. The Morgan fingerprint density at radius 1 is 0.935 bits per heavy atom. The second-order valence-electron chi connectivity index (χ2n) is 10.3. The van der Waals surface area contributed by atoms with Crippen LogP contribution in [0.1, 0.15) is 45.3 Å². The minimum Gasteiger partial charge on any atom is -0.382 e. The molecule has 17 heteroatoms. The van der Waals surface area contributed by atoms with Gasteiger partial charge in [0.1, 0.15) is 12.2 Å². The number of imide groups is 1. The van der Waals surface area contributed by atoms with E-state index in [1.807, 2.05) is 0 Å². The van der Waals surface area contributed by atoms with Crippen molar-refractivity contribution >= 4 is 35.0 Å². The highest BCUT2D eigenvalue weighted by Gasteiger charge is 2.41. The van der Waals surface area contributed by atoms with Crippen molar-refractivity contribution in [3.8, 4) is 17.1 Å². The van der Waals surface area contributed by atoms with Gasteiger partial charge in [0.2, 0.25) is 0 Å². The first kappa shape index (κ1) is 31.1. The number of aromatic nitrogens is 7. The molecule has 2 atom stereocenters. The van der Waals surface area contributed by atoms with E-state index in [0.717, 1.165) is 9.58 Å². The zero-order valence-electron chi connectivity index (χ0n) is 23.6. The molecule has 1 aliphatic heterocycles. The van der Waals surface area contributed by atoms with E-state index in [9.17, 15) is 32.7 Å². The molecule has 4 heterocycles.